The standard InChI is InChI=1S/C13H14N2O6/c16-10-3-1-2-9(14-10)11(17)15-5-4-7(12(18)19)8(6-15)13(20)21/h1-3,7-8H,4-6H2,(H,14,16)(H,18,19)(H,20,21). The third-order valence-electron chi connectivity index (χ3n) is 3.53. The molecule has 2 unspecified atom stereocenters. The van der Waals surface area contributed by atoms with Crippen molar-refractivity contribution in [1.29, 1.82) is 0 Å². The first-order chi connectivity index (χ1) is 9.90. The van der Waals surface area contributed by atoms with E-state index in [1.807, 2.05) is 0 Å². The van der Waals surface area contributed by atoms with Crippen LogP contribution in [0.25, 0.3) is 0 Å². The van der Waals surface area contributed by atoms with Crippen LogP contribution in [0.4, 0.5) is 0 Å². The highest BCUT2D eigenvalue weighted by molar-refractivity contribution is 5.93. The zero-order valence-corrected chi connectivity index (χ0v) is 11.0. The first-order valence-corrected chi connectivity index (χ1v) is 6.34. The number of amides is 1. The number of carbonyl (C=O) groups excluding carboxylic acids is 1. The highest BCUT2D eigenvalue weighted by Gasteiger charge is 2.40. The monoisotopic (exact) mass is 294 g/mol. The Labute approximate surface area is 119 Å². The largest absolute Gasteiger partial charge is 0.481 e. The maximum atomic E-state index is 12.2. The summed E-state index contributed by atoms with van der Waals surface area (Å²) in [5, 5.41) is 18.1. The molecule has 2 atom stereocenters. The number of aromatic amines is 1. The van der Waals surface area contributed by atoms with E-state index in [0.717, 1.165) is 0 Å². The van der Waals surface area contributed by atoms with Crippen LogP contribution in [0.3, 0.4) is 0 Å². The minimum absolute atomic E-state index is 0.0559. The number of carboxylic acid groups (broad SMARTS) is 2. The molecule has 1 aliphatic heterocycles. The number of nitrogens with zero attached hydrogens (tertiary/aromatic N) is 1. The molecular formula is C13H14N2O6. The van der Waals surface area contributed by atoms with Crippen LogP contribution in [0.15, 0.2) is 23.0 Å². The normalized spacial score (nSPS) is 21.8. The van der Waals surface area contributed by atoms with Crippen LogP contribution in [0.1, 0.15) is 16.9 Å². The van der Waals surface area contributed by atoms with Gasteiger partial charge in [-0.1, -0.05) is 6.07 Å². The van der Waals surface area contributed by atoms with Gasteiger partial charge in [-0.2, -0.15) is 0 Å². The first kappa shape index (κ1) is 14.8. The van der Waals surface area contributed by atoms with Crippen molar-refractivity contribution >= 4 is 17.8 Å². The fraction of sp³-hybridized carbons (Fsp3) is 0.385. The second-order valence-electron chi connectivity index (χ2n) is 4.86. The number of nitrogens with one attached hydrogen (secondary N) is 1. The number of hydrogen-bond acceptors (Lipinski definition) is 4. The summed E-state index contributed by atoms with van der Waals surface area (Å²) < 4.78 is 0. The van der Waals surface area contributed by atoms with Gasteiger partial charge >= 0.3 is 11.9 Å². The maximum absolute atomic E-state index is 12.2. The van der Waals surface area contributed by atoms with Gasteiger partial charge in [-0.25, -0.2) is 0 Å². The molecule has 1 amide bonds. The molecule has 0 bridgehead atoms. The van der Waals surface area contributed by atoms with Crippen molar-refractivity contribution in [1.82, 2.24) is 9.88 Å². The molecule has 2 heterocycles. The molecule has 0 aromatic carbocycles. The van der Waals surface area contributed by atoms with E-state index in [-0.39, 0.29) is 25.2 Å². The Morgan fingerprint density at radius 1 is 1.14 bits per heavy atom. The molecule has 1 fully saturated rings. The number of carboxylic acids is 2. The van der Waals surface area contributed by atoms with E-state index in [0.29, 0.717) is 0 Å². The summed E-state index contributed by atoms with van der Waals surface area (Å²) in [6, 6.07) is 4.10. The maximum Gasteiger partial charge on any atom is 0.309 e. The Bertz CT molecular complexity index is 638. The molecule has 112 valence electrons. The summed E-state index contributed by atoms with van der Waals surface area (Å²) in [4.78, 5) is 49.2. The van der Waals surface area contributed by atoms with Gasteiger partial charge in [0.15, 0.2) is 0 Å². The third kappa shape index (κ3) is 3.10. The lowest BCUT2D eigenvalue weighted by molar-refractivity contribution is -0.156. The summed E-state index contributed by atoms with van der Waals surface area (Å²) >= 11 is 0. The minimum atomic E-state index is -1.25. The highest BCUT2D eigenvalue weighted by atomic mass is 16.4. The summed E-state index contributed by atoms with van der Waals surface area (Å²) in [5.41, 5.74) is -0.378. The Morgan fingerprint density at radius 2 is 1.81 bits per heavy atom. The Balaban J connectivity index is 2.19. The van der Waals surface area contributed by atoms with Crippen molar-refractivity contribution in [3.05, 3.63) is 34.2 Å². The van der Waals surface area contributed by atoms with Gasteiger partial charge < -0.3 is 20.1 Å². The van der Waals surface area contributed by atoms with Crippen molar-refractivity contribution in [3.8, 4) is 0 Å². The third-order valence-corrected chi connectivity index (χ3v) is 3.53. The van der Waals surface area contributed by atoms with E-state index in [4.69, 9.17) is 10.2 Å². The zero-order chi connectivity index (χ0) is 15.6. The molecule has 0 aliphatic carbocycles. The number of aromatic nitrogens is 1. The molecule has 1 aliphatic rings. The van der Waals surface area contributed by atoms with Gasteiger partial charge in [0.2, 0.25) is 5.56 Å². The first-order valence-electron chi connectivity index (χ1n) is 6.34. The summed E-state index contributed by atoms with van der Waals surface area (Å²) in [7, 11) is 0. The van der Waals surface area contributed by atoms with Gasteiger partial charge in [0.05, 0.1) is 11.8 Å². The number of H-pyrrole nitrogens is 1. The molecule has 0 spiro atoms. The van der Waals surface area contributed by atoms with Crippen LogP contribution in [0.5, 0.6) is 0 Å². The van der Waals surface area contributed by atoms with Gasteiger partial charge in [0.25, 0.3) is 5.91 Å². The molecule has 0 radical (unpaired) electrons. The van der Waals surface area contributed by atoms with Crippen LogP contribution in [0, 0.1) is 11.8 Å². The lowest BCUT2D eigenvalue weighted by Crippen LogP contribution is -2.48. The fourth-order valence-electron chi connectivity index (χ4n) is 2.43. The number of aliphatic carboxylic acids is 2. The molecule has 0 saturated carbocycles. The molecule has 3 N–H and O–H groups in total. The second kappa shape index (κ2) is 5.78. The number of piperidine rings is 1. The molecule has 1 saturated heterocycles. The molecule has 2 rings (SSSR count). The lowest BCUT2D eigenvalue weighted by atomic mass is 9.85. The van der Waals surface area contributed by atoms with Gasteiger partial charge in [0, 0.05) is 19.2 Å². The average Bonchev–Trinajstić information content (AvgIpc) is 2.45. The predicted octanol–water partition coefficient (Wildman–Crippen LogP) is -0.378. The Kier molecular flexibility index (Phi) is 4.06. The Hall–Kier alpha value is -2.64. The molecule has 8 heteroatoms. The van der Waals surface area contributed by atoms with E-state index < -0.39 is 35.2 Å². The van der Waals surface area contributed by atoms with Crippen LogP contribution in [-0.4, -0.2) is 51.0 Å². The number of likely N-dealkylation sites (tertiary alicyclic amines) is 1. The number of carbonyl (C=O) groups is 3. The summed E-state index contributed by atoms with van der Waals surface area (Å²) in [6.45, 7) is -0.0570. The zero-order valence-electron chi connectivity index (χ0n) is 11.0. The van der Waals surface area contributed by atoms with Gasteiger partial charge in [-0.15, -0.1) is 0 Å². The Morgan fingerprint density at radius 3 is 2.38 bits per heavy atom. The van der Waals surface area contributed by atoms with Crippen molar-refractivity contribution in [3.63, 3.8) is 0 Å². The molecule has 1 aromatic rings. The van der Waals surface area contributed by atoms with Crippen LogP contribution >= 0.6 is 0 Å². The number of hydrogen-bond donors (Lipinski definition) is 3. The van der Waals surface area contributed by atoms with Crippen LogP contribution < -0.4 is 5.56 Å². The summed E-state index contributed by atoms with van der Waals surface area (Å²) in [5.74, 6) is -5.11. The van der Waals surface area contributed by atoms with Crippen molar-refractivity contribution < 1.29 is 24.6 Å². The molecule has 1 aromatic heterocycles. The van der Waals surface area contributed by atoms with Crippen molar-refractivity contribution in [2.45, 2.75) is 6.42 Å². The smallest absolute Gasteiger partial charge is 0.309 e. The fourth-order valence-corrected chi connectivity index (χ4v) is 2.43. The van der Waals surface area contributed by atoms with Gasteiger partial charge in [-0.3, -0.25) is 19.2 Å². The number of rotatable bonds is 3. The predicted molar refractivity (Wildman–Crippen MR) is 69.8 cm³/mol. The van der Waals surface area contributed by atoms with Crippen LogP contribution in [-0.2, 0) is 9.59 Å². The van der Waals surface area contributed by atoms with Crippen LogP contribution in [0.2, 0.25) is 0 Å². The van der Waals surface area contributed by atoms with E-state index in [1.165, 1.54) is 23.1 Å². The molecule has 8 nitrogen and oxygen atoms in total. The topological polar surface area (TPSA) is 128 Å². The van der Waals surface area contributed by atoms with E-state index >= 15 is 0 Å². The SMILES string of the molecule is O=C(O)C1CCN(C(=O)c2cccc(=O)[nH]2)CC1C(=O)O. The summed E-state index contributed by atoms with van der Waals surface area (Å²) in [6.07, 6.45) is 0.0646. The molecule has 21 heavy (non-hydrogen) atoms. The van der Waals surface area contributed by atoms with Gasteiger partial charge in [-0.05, 0) is 12.5 Å². The quantitative estimate of drug-likeness (QED) is 0.697. The van der Waals surface area contributed by atoms with Crippen molar-refractivity contribution in [2.75, 3.05) is 13.1 Å². The van der Waals surface area contributed by atoms with E-state index in [2.05, 4.69) is 4.98 Å². The second-order valence-corrected chi connectivity index (χ2v) is 4.86. The average molecular weight is 294 g/mol. The van der Waals surface area contributed by atoms with Crippen molar-refractivity contribution in [2.24, 2.45) is 11.8 Å². The minimum Gasteiger partial charge on any atom is -0.481 e. The van der Waals surface area contributed by atoms with E-state index in [1.54, 1.807) is 0 Å². The number of pyridine rings is 1. The molecular weight excluding hydrogens is 280 g/mol. The van der Waals surface area contributed by atoms with Gasteiger partial charge in [0.1, 0.15) is 5.69 Å². The lowest BCUT2D eigenvalue weighted by Gasteiger charge is -2.34. The highest BCUT2D eigenvalue weighted by Crippen LogP contribution is 2.25. The van der Waals surface area contributed by atoms with E-state index in [9.17, 15) is 19.2 Å².